The molecule has 5 heterocycles. The molecule has 0 amide bonds. The van der Waals surface area contributed by atoms with Crippen LogP contribution in [0, 0.1) is 0 Å². The Morgan fingerprint density at radius 2 is 0.613 bits per heavy atom. The standard InChI is InChI=1S/C69H74BN5/c1-64(2,3)42-23-19-39(20-24-42)61-71-62(40-21-25-43(26-22-40)65(4,5)6)73-63(72-61)41-31-56-58-57(32-41)75-55-30-28-45(67(10,11)12)34-49(55)51-36-47(69(16,17)18)38-53(60(51)75)70(58)52-37-46(68(13,14)15)35-50-48-33-44(66(7,8)9)27-29-54(48)74(56)59(50)52/h19-38H,1-18H3. The normalized spacial score (nSPS) is 14.0. The summed E-state index contributed by atoms with van der Waals surface area (Å²) in [4.78, 5) is 16.3. The Bertz CT molecular complexity index is 3770. The third-order valence-electron chi connectivity index (χ3n) is 16.7. The third-order valence-corrected chi connectivity index (χ3v) is 16.7. The van der Waals surface area contributed by atoms with Gasteiger partial charge >= 0.3 is 0 Å². The van der Waals surface area contributed by atoms with Gasteiger partial charge in [0.05, 0.1) is 11.0 Å². The Morgan fingerprint density at radius 3 is 0.947 bits per heavy atom. The van der Waals surface area contributed by atoms with Crippen molar-refractivity contribution in [3.05, 3.63) is 155 Å². The van der Waals surface area contributed by atoms with E-state index in [0.717, 1.165) is 16.7 Å². The summed E-state index contributed by atoms with van der Waals surface area (Å²) in [5.41, 5.74) is 22.0. The largest absolute Gasteiger partial charge is 0.310 e. The van der Waals surface area contributed by atoms with Crippen LogP contribution in [-0.4, -0.2) is 30.8 Å². The molecule has 0 fully saturated rings. The van der Waals surface area contributed by atoms with Gasteiger partial charge in [-0.05, 0) is 131 Å². The highest BCUT2D eigenvalue weighted by Crippen LogP contribution is 2.45. The summed E-state index contributed by atoms with van der Waals surface area (Å²) in [6.45, 7) is 41.7. The van der Waals surface area contributed by atoms with Crippen molar-refractivity contribution in [1.29, 1.82) is 0 Å². The van der Waals surface area contributed by atoms with Crippen LogP contribution in [-0.2, 0) is 32.5 Å². The summed E-state index contributed by atoms with van der Waals surface area (Å²) in [5.74, 6) is 1.97. The average Bonchev–Trinajstić information content (AvgIpc) is 3.86. The highest BCUT2D eigenvalue weighted by Gasteiger charge is 2.43. The van der Waals surface area contributed by atoms with E-state index in [0.29, 0.717) is 17.5 Å². The number of rotatable bonds is 3. The lowest BCUT2D eigenvalue weighted by Gasteiger charge is -2.35. The number of nitrogens with zero attached hydrogens (tertiary/aromatic N) is 5. The summed E-state index contributed by atoms with van der Waals surface area (Å²) in [5, 5.41) is 5.20. The smallest absolute Gasteiger partial charge is 0.252 e. The number of aromatic nitrogens is 5. The molecule has 2 aliphatic heterocycles. The van der Waals surface area contributed by atoms with E-state index in [2.05, 4.69) is 255 Å². The summed E-state index contributed by atoms with van der Waals surface area (Å²) >= 11 is 0. The summed E-state index contributed by atoms with van der Waals surface area (Å²) in [6.07, 6.45) is 0. The van der Waals surface area contributed by atoms with E-state index in [1.807, 2.05) is 0 Å². The lowest BCUT2D eigenvalue weighted by Crippen LogP contribution is -2.59. The van der Waals surface area contributed by atoms with Crippen molar-refractivity contribution in [3.8, 4) is 45.5 Å². The van der Waals surface area contributed by atoms with E-state index in [4.69, 9.17) is 15.0 Å². The van der Waals surface area contributed by atoms with Crippen LogP contribution in [0.25, 0.3) is 89.2 Å². The zero-order valence-electron chi connectivity index (χ0n) is 47.9. The molecule has 0 radical (unpaired) electrons. The van der Waals surface area contributed by atoms with Gasteiger partial charge in [0.25, 0.3) is 6.71 Å². The first-order valence-electron chi connectivity index (χ1n) is 27.4. The van der Waals surface area contributed by atoms with Crippen LogP contribution in [0.5, 0.6) is 0 Å². The molecular weight excluding hydrogens is 910 g/mol. The second-order valence-corrected chi connectivity index (χ2v) is 28.4. The molecule has 10 aromatic rings. The fourth-order valence-electron chi connectivity index (χ4n) is 12.0. The molecule has 0 saturated heterocycles. The molecule has 0 spiro atoms. The molecule has 378 valence electrons. The summed E-state index contributed by atoms with van der Waals surface area (Å²) < 4.78 is 5.22. The lowest BCUT2D eigenvalue weighted by molar-refractivity contribution is 0.590. The Balaban J connectivity index is 1.24. The number of fused-ring (bicyclic) bond motifs is 10. The van der Waals surface area contributed by atoms with Gasteiger partial charge in [0.2, 0.25) is 0 Å². The van der Waals surface area contributed by atoms with Gasteiger partial charge in [-0.3, -0.25) is 0 Å². The predicted octanol–water partition coefficient (Wildman–Crippen LogP) is 16.0. The minimum Gasteiger partial charge on any atom is -0.310 e. The second kappa shape index (κ2) is 15.9. The van der Waals surface area contributed by atoms with Crippen molar-refractivity contribution in [1.82, 2.24) is 24.1 Å². The number of hydrogen-bond acceptors (Lipinski definition) is 3. The van der Waals surface area contributed by atoms with E-state index < -0.39 is 0 Å². The van der Waals surface area contributed by atoms with Gasteiger partial charge in [-0.15, -0.1) is 0 Å². The van der Waals surface area contributed by atoms with Crippen LogP contribution in [0.15, 0.2) is 121 Å². The molecule has 0 N–H and O–H groups in total. The minimum atomic E-state index is -0.0859. The van der Waals surface area contributed by atoms with Crippen molar-refractivity contribution in [2.45, 2.75) is 157 Å². The van der Waals surface area contributed by atoms with Crippen LogP contribution in [0.2, 0.25) is 0 Å². The quantitative estimate of drug-likeness (QED) is 0.166. The van der Waals surface area contributed by atoms with Gasteiger partial charge in [-0.1, -0.05) is 197 Å². The molecule has 3 aromatic heterocycles. The van der Waals surface area contributed by atoms with E-state index in [1.165, 1.54) is 105 Å². The molecule has 0 bridgehead atoms. The van der Waals surface area contributed by atoms with Crippen LogP contribution in [0.1, 0.15) is 158 Å². The Kier molecular flexibility index (Phi) is 10.4. The summed E-state index contributed by atoms with van der Waals surface area (Å²) in [6, 6.07) is 47.1. The predicted molar refractivity (Wildman–Crippen MR) is 322 cm³/mol. The molecular formula is C69H74BN5. The lowest BCUT2D eigenvalue weighted by atomic mass is 9.34. The van der Waals surface area contributed by atoms with Crippen LogP contribution in [0.3, 0.4) is 0 Å². The molecule has 5 nitrogen and oxygen atoms in total. The van der Waals surface area contributed by atoms with Crippen LogP contribution >= 0.6 is 0 Å². The minimum absolute atomic E-state index is 0.00965. The Morgan fingerprint density at radius 1 is 0.307 bits per heavy atom. The van der Waals surface area contributed by atoms with E-state index in [9.17, 15) is 0 Å². The molecule has 7 aromatic carbocycles. The topological polar surface area (TPSA) is 48.5 Å². The fraction of sp³-hybridized carbons (Fsp3) is 0.348. The van der Waals surface area contributed by atoms with Crippen LogP contribution < -0.4 is 16.4 Å². The van der Waals surface area contributed by atoms with Crippen molar-refractivity contribution < 1.29 is 0 Å². The monoisotopic (exact) mass is 984 g/mol. The van der Waals surface area contributed by atoms with E-state index in [-0.39, 0.29) is 39.2 Å². The molecule has 0 unspecified atom stereocenters. The Labute approximate surface area is 446 Å². The Hall–Kier alpha value is -6.79. The van der Waals surface area contributed by atoms with Gasteiger partial charge in [0.1, 0.15) is 0 Å². The fourth-order valence-corrected chi connectivity index (χ4v) is 12.0. The maximum absolute atomic E-state index is 5.51. The molecule has 0 aliphatic carbocycles. The van der Waals surface area contributed by atoms with Crippen molar-refractivity contribution in [2.75, 3.05) is 0 Å². The zero-order valence-corrected chi connectivity index (χ0v) is 47.9. The van der Waals surface area contributed by atoms with Crippen LogP contribution in [0.4, 0.5) is 0 Å². The highest BCUT2D eigenvalue weighted by molar-refractivity contribution is 7.00. The van der Waals surface area contributed by atoms with Crippen molar-refractivity contribution >= 4 is 66.7 Å². The first-order chi connectivity index (χ1) is 34.9. The maximum atomic E-state index is 5.51. The summed E-state index contributed by atoms with van der Waals surface area (Å²) in [7, 11) is 0. The number of hydrogen-bond donors (Lipinski definition) is 0. The first-order valence-corrected chi connectivity index (χ1v) is 27.4. The molecule has 2 aliphatic rings. The molecule has 75 heavy (non-hydrogen) atoms. The van der Waals surface area contributed by atoms with Gasteiger partial charge in [0.15, 0.2) is 17.5 Å². The van der Waals surface area contributed by atoms with Gasteiger partial charge in [-0.2, -0.15) is 0 Å². The van der Waals surface area contributed by atoms with Gasteiger partial charge in [-0.25, -0.2) is 15.0 Å². The molecule has 0 saturated carbocycles. The first kappa shape index (κ1) is 49.1. The zero-order chi connectivity index (χ0) is 53.4. The highest BCUT2D eigenvalue weighted by atomic mass is 15.1. The van der Waals surface area contributed by atoms with E-state index in [1.54, 1.807) is 0 Å². The number of benzene rings is 7. The average molecular weight is 984 g/mol. The molecule has 12 rings (SSSR count). The van der Waals surface area contributed by atoms with Crippen molar-refractivity contribution in [2.24, 2.45) is 0 Å². The molecule has 6 heteroatoms. The molecule has 0 atom stereocenters. The van der Waals surface area contributed by atoms with Gasteiger partial charge < -0.3 is 9.13 Å². The van der Waals surface area contributed by atoms with E-state index >= 15 is 0 Å². The van der Waals surface area contributed by atoms with Gasteiger partial charge in [0, 0.05) is 60.6 Å². The second-order valence-electron chi connectivity index (χ2n) is 28.4. The third kappa shape index (κ3) is 7.82. The maximum Gasteiger partial charge on any atom is 0.252 e. The SMILES string of the molecule is CC(C)(C)c1ccc(-c2nc(-c3ccc(C(C)(C)C)cc3)nc(-c3cc4c5c(c3)-n3c6ccc(C(C)(C)C)cc6c6cc(C(C)(C)C)cc(c63)B5c3cc(C(C)(C)C)cc5c6cc(C(C)(C)C)ccc6n-4c35)n2)cc1. The van der Waals surface area contributed by atoms with Crippen molar-refractivity contribution in [3.63, 3.8) is 0 Å².